The molecule has 0 amide bonds. The van der Waals surface area contributed by atoms with E-state index in [4.69, 9.17) is 9.47 Å². The third-order valence-electron chi connectivity index (χ3n) is 3.84. The van der Waals surface area contributed by atoms with Crippen molar-refractivity contribution in [3.63, 3.8) is 0 Å². The van der Waals surface area contributed by atoms with Crippen LogP contribution in [0, 0.1) is 13.8 Å². The quantitative estimate of drug-likeness (QED) is 0.499. The number of nitrogens with zero attached hydrogens (tertiary/aromatic N) is 2. The van der Waals surface area contributed by atoms with Gasteiger partial charge < -0.3 is 14.6 Å². The maximum Gasteiger partial charge on any atom is 0.128 e. The third kappa shape index (κ3) is 4.23. The van der Waals surface area contributed by atoms with Gasteiger partial charge in [-0.1, -0.05) is 0 Å². The molecule has 1 aromatic carbocycles. The van der Waals surface area contributed by atoms with Crippen LogP contribution in [0.15, 0.2) is 35.6 Å². The molecule has 0 bridgehead atoms. The Morgan fingerprint density at radius 2 is 1.88 bits per heavy atom. The summed E-state index contributed by atoms with van der Waals surface area (Å²) in [5.41, 5.74) is 1.21. The molecule has 0 unspecified atom stereocenters. The van der Waals surface area contributed by atoms with Gasteiger partial charge in [0.2, 0.25) is 0 Å². The van der Waals surface area contributed by atoms with Crippen LogP contribution < -0.4 is 9.47 Å². The molecule has 2 aromatic heterocycles. The van der Waals surface area contributed by atoms with E-state index in [0.29, 0.717) is 11.5 Å². The second-order valence-corrected chi connectivity index (χ2v) is 7.81. The zero-order valence-corrected chi connectivity index (χ0v) is 16.0. The van der Waals surface area contributed by atoms with Gasteiger partial charge in [-0.05, 0) is 43.7 Å². The van der Waals surface area contributed by atoms with Crippen molar-refractivity contribution in [1.82, 2.24) is 9.97 Å². The summed E-state index contributed by atoms with van der Waals surface area (Å²) in [6.07, 6.45) is 0.998. The molecular formula is C18H20N2O3S2. The van der Waals surface area contributed by atoms with Crippen molar-refractivity contribution in [3.8, 4) is 11.5 Å². The Kier molecular flexibility index (Phi) is 5.78. The van der Waals surface area contributed by atoms with Gasteiger partial charge in [0.15, 0.2) is 0 Å². The van der Waals surface area contributed by atoms with Gasteiger partial charge in [0.1, 0.15) is 34.3 Å². The summed E-state index contributed by atoms with van der Waals surface area (Å²) < 4.78 is 10.7. The monoisotopic (exact) mass is 376 g/mol. The lowest BCUT2D eigenvalue weighted by Gasteiger charge is -2.12. The van der Waals surface area contributed by atoms with Crippen LogP contribution in [0.1, 0.15) is 10.4 Å². The van der Waals surface area contributed by atoms with E-state index >= 15 is 0 Å². The van der Waals surface area contributed by atoms with Gasteiger partial charge in [-0.15, -0.1) is 23.1 Å². The highest BCUT2D eigenvalue weighted by molar-refractivity contribution is 7.99. The first-order valence-electron chi connectivity index (χ1n) is 7.87. The fourth-order valence-corrected chi connectivity index (χ4v) is 4.37. The van der Waals surface area contributed by atoms with Crippen molar-refractivity contribution in [2.24, 2.45) is 0 Å². The number of hydrogen-bond acceptors (Lipinski definition) is 7. The van der Waals surface area contributed by atoms with Crippen LogP contribution in [-0.2, 0) is 0 Å². The summed E-state index contributed by atoms with van der Waals surface area (Å²) >= 11 is 3.21. The molecule has 0 saturated heterocycles. The summed E-state index contributed by atoms with van der Waals surface area (Å²) in [6, 6.07) is 7.31. The van der Waals surface area contributed by atoms with Crippen LogP contribution >= 0.6 is 23.1 Å². The molecule has 3 aromatic rings. The van der Waals surface area contributed by atoms with Crippen LogP contribution in [-0.4, -0.2) is 40.6 Å². The Balaban J connectivity index is 1.58. The SMILES string of the molecule is COc1ccc(OC[C@@H](O)CSc2ncnc3sc(C)c(C)c23)cc1. The van der Waals surface area contributed by atoms with Crippen molar-refractivity contribution in [1.29, 1.82) is 0 Å². The summed E-state index contributed by atoms with van der Waals surface area (Å²) in [7, 11) is 1.62. The van der Waals surface area contributed by atoms with Crippen LogP contribution in [0.25, 0.3) is 10.2 Å². The summed E-state index contributed by atoms with van der Waals surface area (Å²) in [6.45, 7) is 4.41. The molecule has 1 N–H and O–H groups in total. The molecule has 0 saturated carbocycles. The normalized spacial score (nSPS) is 12.3. The molecule has 25 heavy (non-hydrogen) atoms. The molecule has 0 spiro atoms. The Labute approximate surface area is 155 Å². The predicted octanol–water partition coefficient (Wildman–Crippen LogP) is 3.85. The van der Waals surface area contributed by atoms with Gasteiger partial charge in [-0.3, -0.25) is 0 Å². The van der Waals surface area contributed by atoms with E-state index in [1.807, 2.05) is 24.3 Å². The maximum absolute atomic E-state index is 10.2. The van der Waals surface area contributed by atoms with Gasteiger partial charge in [-0.2, -0.15) is 0 Å². The number of thiophene rings is 1. The number of thioether (sulfide) groups is 1. The second-order valence-electron chi connectivity index (χ2n) is 5.59. The summed E-state index contributed by atoms with van der Waals surface area (Å²) in [4.78, 5) is 11.0. The van der Waals surface area contributed by atoms with Crippen molar-refractivity contribution in [2.75, 3.05) is 19.5 Å². The molecule has 0 aliphatic heterocycles. The first kappa shape index (κ1) is 18.0. The van der Waals surface area contributed by atoms with Crippen molar-refractivity contribution < 1.29 is 14.6 Å². The molecule has 7 heteroatoms. The van der Waals surface area contributed by atoms with Crippen molar-refractivity contribution in [2.45, 2.75) is 25.0 Å². The van der Waals surface area contributed by atoms with Crippen molar-refractivity contribution in [3.05, 3.63) is 41.0 Å². The molecule has 1 atom stereocenters. The maximum atomic E-state index is 10.2. The second kappa shape index (κ2) is 8.03. The number of fused-ring (bicyclic) bond motifs is 1. The van der Waals surface area contributed by atoms with Crippen LogP contribution in [0.4, 0.5) is 0 Å². The highest BCUT2D eigenvalue weighted by atomic mass is 32.2. The highest BCUT2D eigenvalue weighted by Crippen LogP contribution is 2.34. The number of aliphatic hydroxyl groups excluding tert-OH is 1. The minimum atomic E-state index is -0.586. The zero-order chi connectivity index (χ0) is 17.8. The van der Waals surface area contributed by atoms with Crippen LogP contribution in [0.3, 0.4) is 0 Å². The van der Waals surface area contributed by atoms with Crippen LogP contribution in [0.5, 0.6) is 11.5 Å². The number of rotatable bonds is 7. The lowest BCUT2D eigenvalue weighted by atomic mass is 10.2. The molecule has 0 aliphatic carbocycles. The molecule has 0 fully saturated rings. The average Bonchev–Trinajstić information content (AvgIpc) is 2.93. The number of aliphatic hydroxyl groups is 1. The van der Waals surface area contributed by atoms with E-state index in [2.05, 4.69) is 23.8 Å². The van der Waals surface area contributed by atoms with E-state index < -0.39 is 6.10 Å². The fourth-order valence-electron chi connectivity index (χ4n) is 2.35. The Bertz CT molecular complexity index is 849. The first-order valence-corrected chi connectivity index (χ1v) is 9.67. The third-order valence-corrected chi connectivity index (χ3v) is 6.09. The lowest BCUT2D eigenvalue weighted by molar-refractivity contribution is 0.126. The topological polar surface area (TPSA) is 64.5 Å². The molecular weight excluding hydrogens is 356 g/mol. The predicted molar refractivity (Wildman–Crippen MR) is 102 cm³/mol. The van der Waals surface area contributed by atoms with E-state index in [1.54, 1.807) is 24.8 Å². The van der Waals surface area contributed by atoms with Gasteiger partial charge in [0.05, 0.1) is 13.2 Å². The van der Waals surface area contributed by atoms with Gasteiger partial charge in [0, 0.05) is 16.0 Å². The number of benzene rings is 1. The van der Waals surface area contributed by atoms with Gasteiger partial charge in [0.25, 0.3) is 0 Å². The van der Waals surface area contributed by atoms with Gasteiger partial charge in [-0.25, -0.2) is 9.97 Å². The lowest BCUT2D eigenvalue weighted by Crippen LogP contribution is -2.20. The fraction of sp³-hybridized carbons (Fsp3) is 0.333. The van der Waals surface area contributed by atoms with E-state index in [0.717, 1.165) is 21.0 Å². The summed E-state index contributed by atoms with van der Waals surface area (Å²) in [5.74, 6) is 1.99. The molecule has 3 rings (SSSR count). The van der Waals surface area contributed by atoms with Crippen molar-refractivity contribution >= 4 is 33.3 Å². The number of hydrogen-bond donors (Lipinski definition) is 1. The Hall–Kier alpha value is -1.83. The zero-order valence-electron chi connectivity index (χ0n) is 14.4. The standard InChI is InChI=1S/C18H20N2O3S2/c1-11-12(2)25-18-16(11)17(19-10-20-18)24-9-13(21)8-23-15-6-4-14(22-3)5-7-15/h4-7,10,13,21H,8-9H2,1-3H3/t13-/m1/s1. The molecule has 2 heterocycles. The smallest absolute Gasteiger partial charge is 0.128 e. The number of ether oxygens (including phenoxy) is 2. The van der Waals surface area contributed by atoms with E-state index in [9.17, 15) is 5.11 Å². The van der Waals surface area contributed by atoms with E-state index in [-0.39, 0.29) is 6.61 Å². The highest BCUT2D eigenvalue weighted by Gasteiger charge is 2.14. The number of aromatic nitrogens is 2. The molecule has 0 aliphatic rings. The number of aryl methyl sites for hydroxylation is 2. The molecule has 132 valence electrons. The first-order chi connectivity index (χ1) is 12.1. The summed E-state index contributed by atoms with van der Waals surface area (Å²) in [5, 5.41) is 12.2. The van der Waals surface area contributed by atoms with Crippen LogP contribution in [0.2, 0.25) is 0 Å². The Morgan fingerprint density at radius 1 is 1.16 bits per heavy atom. The molecule has 0 radical (unpaired) electrons. The molecule has 5 nitrogen and oxygen atoms in total. The Morgan fingerprint density at radius 3 is 2.60 bits per heavy atom. The number of methoxy groups -OCH3 is 1. The minimum absolute atomic E-state index is 0.231. The minimum Gasteiger partial charge on any atom is -0.497 e. The average molecular weight is 377 g/mol. The van der Waals surface area contributed by atoms with Gasteiger partial charge >= 0.3 is 0 Å². The largest absolute Gasteiger partial charge is 0.497 e. The van der Waals surface area contributed by atoms with E-state index in [1.165, 1.54) is 22.2 Å².